The molecule has 0 bridgehead atoms. The van der Waals surface area contributed by atoms with Gasteiger partial charge in [0.2, 0.25) is 5.91 Å². The van der Waals surface area contributed by atoms with Gasteiger partial charge in [0.25, 0.3) is 5.91 Å². The van der Waals surface area contributed by atoms with E-state index in [2.05, 4.69) is 5.32 Å². The highest BCUT2D eigenvalue weighted by Gasteiger charge is 2.28. The molecule has 3 rings (SSSR count). The fourth-order valence-corrected chi connectivity index (χ4v) is 4.46. The average Bonchev–Trinajstić information content (AvgIpc) is 3.13. The molecule has 0 radical (unpaired) electrons. The molecular weight excluding hydrogens is 340 g/mol. The Balaban J connectivity index is 1.79. The quantitative estimate of drug-likeness (QED) is 0.737. The third-order valence-corrected chi connectivity index (χ3v) is 5.52. The van der Waals surface area contributed by atoms with Crippen LogP contribution >= 0.6 is 11.3 Å². The van der Waals surface area contributed by atoms with Crippen LogP contribution in [0.15, 0.2) is 30.3 Å². The average molecular weight is 358 g/mol. The molecule has 1 aliphatic rings. The van der Waals surface area contributed by atoms with E-state index < -0.39 is 23.7 Å². The van der Waals surface area contributed by atoms with Crippen LogP contribution in [-0.4, -0.2) is 22.9 Å². The number of anilines is 1. The van der Waals surface area contributed by atoms with Gasteiger partial charge in [-0.15, -0.1) is 11.3 Å². The van der Waals surface area contributed by atoms with Crippen LogP contribution in [0.4, 0.5) is 5.00 Å². The van der Waals surface area contributed by atoms with Crippen LogP contribution in [0.25, 0.3) is 0 Å². The number of thiophene rings is 1. The van der Waals surface area contributed by atoms with Gasteiger partial charge in [-0.3, -0.25) is 14.4 Å². The molecule has 2 amide bonds. The van der Waals surface area contributed by atoms with Crippen LogP contribution in [0.3, 0.4) is 0 Å². The second-order valence-corrected chi connectivity index (χ2v) is 7.08. The first-order valence-corrected chi connectivity index (χ1v) is 8.81. The number of benzene rings is 1. The van der Waals surface area contributed by atoms with Gasteiger partial charge >= 0.3 is 5.97 Å². The van der Waals surface area contributed by atoms with Gasteiger partial charge in [0.05, 0.1) is 11.5 Å². The minimum atomic E-state index is -1.06. The smallest absolute Gasteiger partial charge is 0.311 e. The van der Waals surface area contributed by atoms with E-state index in [9.17, 15) is 19.5 Å². The number of nitrogens with two attached hydrogens (primary N) is 1. The maximum Gasteiger partial charge on any atom is 0.311 e. The zero-order chi connectivity index (χ0) is 18.0. The Bertz CT molecular complexity index is 829. The molecule has 0 unspecified atom stereocenters. The molecule has 130 valence electrons. The summed E-state index contributed by atoms with van der Waals surface area (Å²) in [6.45, 7) is 0. The maximum absolute atomic E-state index is 12.4. The van der Waals surface area contributed by atoms with Crippen LogP contribution in [0.1, 0.15) is 45.1 Å². The Kier molecular flexibility index (Phi) is 4.85. The number of rotatable bonds is 6. The Hall–Kier alpha value is -2.67. The van der Waals surface area contributed by atoms with E-state index in [1.807, 2.05) is 0 Å². The second-order valence-electron chi connectivity index (χ2n) is 5.98. The highest BCUT2D eigenvalue weighted by atomic mass is 32.1. The van der Waals surface area contributed by atoms with Crippen LogP contribution in [-0.2, 0) is 22.4 Å². The summed E-state index contributed by atoms with van der Waals surface area (Å²) in [5.41, 5.74) is 7.33. The third-order valence-electron chi connectivity index (χ3n) is 4.31. The number of aliphatic carboxylic acids is 1. The first-order chi connectivity index (χ1) is 12.0. The van der Waals surface area contributed by atoms with Crippen LogP contribution in [0.5, 0.6) is 0 Å². The summed E-state index contributed by atoms with van der Waals surface area (Å²) in [4.78, 5) is 36.7. The number of fused-ring (bicyclic) bond motifs is 1. The van der Waals surface area contributed by atoms with Gasteiger partial charge in [-0.05, 0) is 30.4 Å². The van der Waals surface area contributed by atoms with Crippen molar-refractivity contribution < 1.29 is 19.5 Å². The highest BCUT2D eigenvalue weighted by molar-refractivity contribution is 7.17. The first kappa shape index (κ1) is 17.2. The fraction of sp³-hybridized carbons (Fsp3) is 0.278. The summed E-state index contributed by atoms with van der Waals surface area (Å²) >= 11 is 1.36. The van der Waals surface area contributed by atoms with Crippen LogP contribution in [0.2, 0.25) is 0 Å². The SMILES string of the molecule is NC(=O)c1c(NC(=O)C[C@@H](C(=O)O)c2ccccc2)sc2c1CCC2. The molecule has 0 saturated carbocycles. The van der Waals surface area contributed by atoms with E-state index in [4.69, 9.17) is 5.73 Å². The summed E-state index contributed by atoms with van der Waals surface area (Å²) in [7, 11) is 0. The molecular formula is C18H18N2O4S. The molecule has 6 nitrogen and oxygen atoms in total. The van der Waals surface area contributed by atoms with E-state index in [-0.39, 0.29) is 6.42 Å². The highest BCUT2D eigenvalue weighted by Crippen LogP contribution is 2.39. The summed E-state index contributed by atoms with van der Waals surface area (Å²) in [5.74, 6) is -3.01. The number of carboxylic acids is 1. The molecule has 0 aliphatic heterocycles. The Labute approximate surface area is 148 Å². The monoisotopic (exact) mass is 358 g/mol. The molecule has 0 spiro atoms. The topological polar surface area (TPSA) is 109 Å². The number of aryl methyl sites for hydroxylation is 1. The summed E-state index contributed by atoms with van der Waals surface area (Å²) < 4.78 is 0. The molecule has 7 heteroatoms. The fourth-order valence-electron chi connectivity index (χ4n) is 3.15. The van der Waals surface area contributed by atoms with Crippen molar-refractivity contribution in [2.75, 3.05) is 5.32 Å². The van der Waals surface area contributed by atoms with Gasteiger partial charge in [-0.1, -0.05) is 30.3 Å². The third kappa shape index (κ3) is 3.56. The lowest BCUT2D eigenvalue weighted by Gasteiger charge is -2.13. The van der Waals surface area contributed by atoms with E-state index >= 15 is 0 Å². The summed E-state index contributed by atoms with van der Waals surface area (Å²) in [5, 5.41) is 12.6. The van der Waals surface area contributed by atoms with Gasteiger partial charge in [-0.25, -0.2) is 0 Å². The second kappa shape index (κ2) is 7.06. The van der Waals surface area contributed by atoms with Gasteiger partial charge < -0.3 is 16.2 Å². The molecule has 2 aromatic rings. The van der Waals surface area contributed by atoms with Crippen molar-refractivity contribution in [2.45, 2.75) is 31.6 Å². The number of primary amides is 1. The van der Waals surface area contributed by atoms with Crippen LogP contribution < -0.4 is 11.1 Å². The Morgan fingerprint density at radius 3 is 2.56 bits per heavy atom. The zero-order valence-electron chi connectivity index (χ0n) is 13.5. The normalized spacial score (nSPS) is 13.9. The summed E-state index contributed by atoms with van der Waals surface area (Å²) in [6, 6.07) is 8.62. The van der Waals surface area contributed by atoms with Gasteiger partial charge in [0.15, 0.2) is 0 Å². The van der Waals surface area contributed by atoms with Crippen molar-refractivity contribution in [3.8, 4) is 0 Å². The number of amides is 2. The Morgan fingerprint density at radius 2 is 1.92 bits per heavy atom. The lowest BCUT2D eigenvalue weighted by molar-refractivity contribution is -0.140. The number of carbonyl (C=O) groups excluding carboxylic acids is 2. The number of nitrogens with one attached hydrogen (secondary N) is 1. The minimum Gasteiger partial charge on any atom is -0.481 e. The van der Waals surface area contributed by atoms with E-state index in [1.54, 1.807) is 30.3 Å². The van der Waals surface area contributed by atoms with Gasteiger partial charge in [-0.2, -0.15) is 0 Å². The van der Waals surface area contributed by atoms with Gasteiger partial charge in [0, 0.05) is 11.3 Å². The maximum atomic E-state index is 12.4. The summed E-state index contributed by atoms with van der Waals surface area (Å²) in [6.07, 6.45) is 2.42. The number of hydrogen-bond acceptors (Lipinski definition) is 4. The van der Waals surface area contributed by atoms with E-state index in [1.165, 1.54) is 11.3 Å². The number of hydrogen-bond donors (Lipinski definition) is 3. The number of carboxylic acid groups (broad SMARTS) is 1. The lowest BCUT2D eigenvalue weighted by atomic mass is 9.95. The largest absolute Gasteiger partial charge is 0.481 e. The molecule has 1 aliphatic carbocycles. The minimum absolute atomic E-state index is 0.208. The molecule has 1 heterocycles. The molecule has 1 atom stereocenters. The van der Waals surface area contributed by atoms with Crippen molar-refractivity contribution in [1.29, 1.82) is 0 Å². The van der Waals surface area contributed by atoms with Crippen LogP contribution in [0, 0.1) is 0 Å². The molecule has 25 heavy (non-hydrogen) atoms. The van der Waals surface area contributed by atoms with Crippen molar-refractivity contribution in [1.82, 2.24) is 0 Å². The Morgan fingerprint density at radius 1 is 1.20 bits per heavy atom. The molecule has 1 aromatic heterocycles. The molecule has 0 saturated heterocycles. The standard InChI is InChI=1S/C18H18N2O4S/c19-16(22)15-11-7-4-8-13(11)25-17(15)20-14(21)9-12(18(23)24)10-5-2-1-3-6-10/h1-3,5-6,12H,4,7-9H2,(H2,19,22)(H,20,21)(H,23,24)/t12-/m1/s1. The predicted molar refractivity (Wildman–Crippen MR) is 94.9 cm³/mol. The van der Waals surface area contributed by atoms with Gasteiger partial charge in [0.1, 0.15) is 5.00 Å². The molecule has 1 aromatic carbocycles. The van der Waals surface area contributed by atoms with E-state index in [0.717, 1.165) is 29.7 Å². The first-order valence-electron chi connectivity index (χ1n) is 7.99. The van der Waals surface area contributed by atoms with Crippen molar-refractivity contribution in [2.24, 2.45) is 5.73 Å². The number of carbonyl (C=O) groups is 3. The predicted octanol–water partition coefficient (Wildman–Crippen LogP) is 2.53. The molecule has 4 N–H and O–H groups in total. The van der Waals surface area contributed by atoms with Crippen molar-refractivity contribution >= 4 is 34.1 Å². The van der Waals surface area contributed by atoms with E-state index in [0.29, 0.717) is 16.1 Å². The lowest BCUT2D eigenvalue weighted by Crippen LogP contribution is -2.22. The zero-order valence-corrected chi connectivity index (χ0v) is 14.3. The van der Waals surface area contributed by atoms with Crippen molar-refractivity contribution in [3.63, 3.8) is 0 Å². The van der Waals surface area contributed by atoms with Crippen molar-refractivity contribution in [3.05, 3.63) is 51.9 Å². The molecule has 0 fully saturated rings.